The first-order chi connectivity index (χ1) is 11.5. The standard InChI is InChI=1S/C18H19BrN2O3/c1-12-9-14(19)7-8-16(12)21-17(22)10-20-18(23)15-6-4-3-5-13(15)11-24-2/h3-9H,10-11H2,1-2H3,(H,20,23)(H,21,22). The molecule has 0 saturated carbocycles. The summed E-state index contributed by atoms with van der Waals surface area (Å²) in [6.07, 6.45) is 0. The number of carbonyl (C=O) groups excluding carboxylic acids is 2. The maximum atomic E-state index is 12.3. The third kappa shape index (κ3) is 4.91. The smallest absolute Gasteiger partial charge is 0.252 e. The molecule has 0 aromatic heterocycles. The van der Waals surface area contributed by atoms with Gasteiger partial charge in [0, 0.05) is 22.8 Å². The highest BCUT2D eigenvalue weighted by atomic mass is 79.9. The molecule has 24 heavy (non-hydrogen) atoms. The number of anilines is 1. The van der Waals surface area contributed by atoms with Crippen LogP contribution in [-0.4, -0.2) is 25.5 Å². The molecule has 0 aliphatic carbocycles. The van der Waals surface area contributed by atoms with Crippen molar-refractivity contribution in [1.82, 2.24) is 5.32 Å². The summed E-state index contributed by atoms with van der Waals surface area (Å²) in [6.45, 7) is 2.14. The third-order valence-corrected chi connectivity index (χ3v) is 3.93. The van der Waals surface area contributed by atoms with Gasteiger partial charge in [0.2, 0.25) is 5.91 Å². The Bertz CT molecular complexity index is 747. The van der Waals surface area contributed by atoms with Gasteiger partial charge >= 0.3 is 0 Å². The zero-order valence-corrected chi connectivity index (χ0v) is 15.1. The number of halogens is 1. The Balaban J connectivity index is 1.95. The van der Waals surface area contributed by atoms with E-state index < -0.39 is 0 Å². The molecule has 2 N–H and O–H groups in total. The summed E-state index contributed by atoms with van der Waals surface area (Å²) in [5.74, 6) is -0.580. The van der Waals surface area contributed by atoms with Crippen molar-refractivity contribution < 1.29 is 14.3 Å². The van der Waals surface area contributed by atoms with Gasteiger partial charge in [-0.3, -0.25) is 9.59 Å². The minimum Gasteiger partial charge on any atom is -0.380 e. The van der Waals surface area contributed by atoms with E-state index in [2.05, 4.69) is 26.6 Å². The third-order valence-electron chi connectivity index (χ3n) is 3.43. The van der Waals surface area contributed by atoms with E-state index in [4.69, 9.17) is 4.74 Å². The van der Waals surface area contributed by atoms with Gasteiger partial charge in [-0.25, -0.2) is 0 Å². The van der Waals surface area contributed by atoms with Crippen LogP contribution >= 0.6 is 15.9 Å². The van der Waals surface area contributed by atoms with Crippen LogP contribution in [0, 0.1) is 6.92 Å². The van der Waals surface area contributed by atoms with Crippen LogP contribution in [0.4, 0.5) is 5.69 Å². The van der Waals surface area contributed by atoms with E-state index in [0.717, 1.165) is 21.3 Å². The number of nitrogens with one attached hydrogen (secondary N) is 2. The van der Waals surface area contributed by atoms with Crippen LogP contribution in [0.15, 0.2) is 46.9 Å². The predicted octanol–water partition coefficient (Wildman–Crippen LogP) is 3.27. The molecule has 126 valence electrons. The van der Waals surface area contributed by atoms with Crippen molar-refractivity contribution >= 4 is 33.4 Å². The van der Waals surface area contributed by atoms with Gasteiger partial charge in [0.15, 0.2) is 0 Å². The maximum absolute atomic E-state index is 12.3. The lowest BCUT2D eigenvalue weighted by atomic mass is 10.1. The molecule has 0 aliphatic rings. The zero-order valence-electron chi connectivity index (χ0n) is 13.6. The number of methoxy groups -OCH3 is 1. The number of ether oxygens (including phenoxy) is 1. The van der Waals surface area contributed by atoms with Crippen LogP contribution in [0.25, 0.3) is 0 Å². The number of hydrogen-bond donors (Lipinski definition) is 2. The Hall–Kier alpha value is -2.18. The molecule has 2 amide bonds. The molecule has 0 radical (unpaired) electrons. The molecule has 0 saturated heterocycles. The molecule has 2 aromatic carbocycles. The number of aryl methyl sites for hydroxylation is 1. The summed E-state index contributed by atoms with van der Waals surface area (Å²) in [5, 5.41) is 5.42. The van der Waals surface area contributed by atoms with Crippen LogP contribution in [0.3, 0.4) is 0 Å². The summed E-state index contributed by atoms with van der Waals surface area (Å²) in [7, 11) is 1.57. The van der Waals surface area contributed by atoms with Gasteiger partial charge < -0.3 is 15.4 Å². The van der Waals surface area contributed by atoms with Crippen LogP contribution < -0.4 is 10.6 Å². The molecule has 0 spiro atoms. The lowest BCUT2D eigenvalue weighted by Crippen LogP contribution is -2.33. The Morgan fingerprint density at radius 1 is 1.17 bits per heavy atom. The van der Waals surface area contributed by atoms with Gasteiger partial charge in [0.05, 0.1) is 13.2 Å². The van der Waals surface area contributed by atoms with Gasteiger partial charge in [-0.1, -0.05) is 34.1 Å². The van der Waals surface area contributed by atoms with Gasteiger partial charge in [-0.15, -0.1) is 0 Å². The number of carbonyl (C=O) groups is 2. The largest absolute Gasteiger partial charge is 0.380 e. The minimum atomic E-state index is -0.301. The summed E-state index contributed by atoms with van der Waals surface area (Å²) in [5.41, 5.74) is 2.94. The van der Waals surface area contributed by atoms with Crippen LogP contribution in [-0.2, 0) is 16.1 Å². The first-order valence-electron chi connectivity index (χ1n) is 7.42. The molecule has 0 bridgehead atoms. The molecule has 0 fully saturated rings. The number of amides is 2. The normalized spacial score (nSPS) is 10.3. The van der Waals surface area contributed by atoms with E-state index in [-0.39, 0.29) is 18.4 Å². The van der Waals surface area contributed by atoms with Crippen LogP contribution in [0.2, 0.25) is 0 Å². The molecule has 0 unspecified atom stereocenters. The molecule has 5 nitrogen and oxygen atoms in total. The van der Waals surface area contributed by atoms with Gasteiger partial charge in [-0.05, 0) is 42.3 Å². The fourth-order valence-corrected chi connectivity index (χ4v) is 2.72. The molecular formula is C18H19BrN2O3. The quantitative estimate of drug-likeness (QED) is 0.794. The fourth-order valence-electron chi connectivity index (χ4n) is 2.24. The molecule has 0 atom stereocenters. The average Bonchev–Trinajstić information content (AvgIpc) is 2.56. The van der Waals surface area contributed by atoms with Gasteiger partial charge in [-0.2, -0.15) is 0 Å². The molecule has 0 aliphatic heterocycles. The molecular weight excluding hydrogens is 372 g/mol. The molecule has 2 rings (SSSR count). The second kappa shape index (κ2) is 8.61. The van der Waals surface area contributed by atoms with E-state index >= 15 is 0 Å². The van der Waals surface area contributed by atoms with Gasteiger partial charge in [0.1, 0.15) is 0 Å². The molecule has 2 aromatic rings. The second-order valence-electron chi connectivity index (χ2n) is 5.28. The summed E-state index contributed by atoms with van der Waals surface area (Å²) in [6, 6.07) is 12.7. The average molecular weight is 391 g/mol. The number of benzene rings is 2. The second-order valence-corrected chi connectivity index (χ2v) is 6.20. The fraction of sp³-hybridized carbons (Fsp3) is 0.222. The topological polar surface area (TPSA) is 67.4 Å². The first-order valence-corrected chi connectivity index (χ1v) is 8.21. The van der Waals surface area contributed by atoms with E-state index in [0.29, 0.717) is 12.2 Å². The molecule has 6 heteroatoms. The molecule has 0 heterocycles. The van der Waals surface area contributed by atoms with E-state index in [1.807, 2.05) is 37.3 Å². The SMILES string of the molecule is COCc1ccccc1C(=O)NCC(=O)Nc1ccc(Br)cc1C. The van der Waals surface area contributed by atoms with E-state index in [9.17, 15) is 9.59 Å². The van der Waals surface area contributed by atoms with Crippen molar-refractivity contribution in [3.8, 4) is 0 Å². The van der Waals surface area contributed by atoms with Crippen molar-refractivity contribution in [2.45, 2.75) is 13.5 Å². The summed E-state index contributed by atoms with van der Waals surface area (Å²) in [4.78, 5) is 24.3. The van der Waals surface area contributed by atoms with Crippen LogP contribution in [0.5, 0.6) is 0 Å². The lowest BCUT2D eigenvalue weighted by molar-refractivity contribution is -0.115. The lowest BCUT2D eigenvalue weighted by Gasteiger charge is -2.11. The zero-order chi connectivity index (χ0) is 17.5. The Morgan fingerprint density at radius 3 is 2.62 bits per heavy atom. The van der Waals surface area contributed by atoms with Crippen molar-refractivity contribution in [3.05, 3.63) is 63.6 Å². The Kier molecular flexibility index (Phi) is 6.52. The van der Waals surface area contributed by atoms with E-state index in [1.165, 1.54) is 0 Å². The number of hydrogen-bond acceptors (Lipinski definition) is 3. The predicted molar refractivity (Wildman–Crippen MR) is 97.0 cm³/mol. The van der Waals surface area contributed by atoms with Crippen LogP contribution in [0.1, 0.15) is 21.5 Å². The van der Waals surface area contributed by atoms with Crippen molar-refractivity contribution in [3.63, 3.8) is 0 Å². The maximum Gasteiger partial charge on any atom is 0.252 e. The van der Waals surface area contributed by atoms with Crippen molar-refractivity contribution in [2.75, 3.05) is 19.0 Å². The first kappa shape index (κ1) is 18.2. The highest BCUT2D eigenvalue weighted by molar-refractivity contribution is 9.10. The van der Waals surface area contributed by atoms with Crippen molar-refractivity contribution in [1.29, 1.82) is 0 Å². The monoisotopic (exact) mass is 390 g/mol. The Labute approximate surface area is 149 Å². The highest BCUT2D eigenvalue weighted by Gasteiger charge is 2.12. The van der Waals surface area contributed by atoms with Crippen molar-refractivity contribution in [2.24, 2.45) is 0 Å². The van der Waals surface area contributed by atoms with Gasteiger partial charge in [0.25, 0.3) is 5.91 Å². The summed E-state index contributed by atoms with van der Waals surface area (Å²) < 4.78 is 6.03. The van der Waals surface area contributed by atoms with E-state index in [1.54, 1.807) is 19.2 Å². The highest BCUT2D eigenvalue weighted by Crippen LogP contribution is 2.19. The summed E-state index contributed by atoms with van der Waals surface area (Å²) >= 11 is 3.38. The number of rotatable bonds is 6. The Morgan fingerprint density at radius 2 is 1.92 bits per heavy atom. The minimum absolute atomic E-state index is 0.102.